The summed E-state index contributed by atoms with van der Waals surface area (Å²) in [6.45, 7) is 21.2. The van der Waals surface area contributed by atoms with Crippen LogP contribution in [-0.2, 0) is 41.7 Å². The highest BCUT2D eigenvalue weighted by atomic mass is 32.1. The zero-order valence-electron chi connectivity index (χ0n) is 40.6. The number of aromatic nitrogens is 1. The molecule has 4 N–H and O–H groups in total. The first-order chi connectivity index (χ1) is 32.8. The molecule has 3 aromatic carbocycles. The number of thiazole rings is 1. The zero-order valence-corrected chi connectivity index (χ0v) is 42.2. The summed E-state index contributed by atoms with van der Waals surface area (Å²) in [5, 5.41) is 19.7. The topological polar surface area (TPSA) is 178 Å². The summed E-state index contributed by atoms with van der Waals surface area (Å²) in [7, 11) is 0. The van der Waals surface area contributed by atoms with E-state index in [4.69, 9.17) is 23.5 Å². The van der Waals surface area contributed by atoms with Crippen molar-refractivity contribution in [2.45, 2.75) is 124 Å². The van der Waals surface area contributed by atoms with Crippen LogP contribution in [0.4, 0.5) is 17.1 Å². The standard InChI is InChI=1S/C52H64N8O7S2/c1-33-27-39(23-24-41(33)53-8)59-49(66)52(6,7)60(50(59)68)38-21-17-35(18-22-38)13-12-14-43(62)54-25-10-9-11-26-67-31-44(63)57-46(51(3,4)5)48(65)58-30-40(61)28-42(58)47(64)55-29-36-15-19-37(20-16-36)45-34(2)56-32-69-45/h15-24,27,32,40,42,46,61H,9-14,25-26,28-31H2,1-7H3,(H,54,62)(H,55,64)(H,57,63)/t40-,42+,46-/m1/s1. The largest absolute Gasteiger partial charge is 0.391 e. The maximum absolute atomic E-state index is 14.0. The Morgan fingerprint density at radius 3 is 2.30 bits per heavy atom. The second-order valence-corrected chi connectivity index (χ2v) is 20.5. The fourth-order valence-corrected chi connectivity index (χ4v) is 9.93. The number of carbonyl (C=O) groups is 5. The number of anilines is 2. The zero-order chi connectivity index (χ0) is 50.0. The number of nitrogens with zero attached hydrogens (tertiary/aromatic N) is 5. The van der Waals surface area contributed by atoms with Crippen molar-refractivity contribution < 1.29 is 33.8 Å². The molecule has 0 unspecified atom stereocenters. The maximum Gasteiger partial charge on any atom is 0.259 e. The van der Waals surface area contributed by atoms with E-state index in [0.717, 1.165) is 51.4 Å². The molecular weight excluding hydrogens is 913 g/mol. The van der Waals surface area contributed by atoms with Crippen LogP contribution in [0.2, 0.25) is 0 Å². The lowest BCUT2D eigenvalue weighted by Gasteiger charge is -2.35. The number of ether oxygens (including phenoxy) is 1. The van der Waals surface area contributed by atoms with Gasteiger partial charge in [0.15, 0.2) is 10.8 Å². The van der Waals surface area contributed by atoms with Gasteiger partial charge < -0.3 is 35.6 Å². The minimum absolute atomic E-state index is 0.0161. The van der Waals surface area contributed by atoms with E-state index in [2.05, 4.69) is 25.8 Å². The van der Waals surface area contributed by atoms with Crippen molar-refractivity contribution in [2.75, 3.05) is 36.1 Å². The number of β-amino-alcohol motifs (C(OH)–C–C–N with tert-alkyl or cyclic N) is 1. The molecule has 15 nitrogen and oxygen atoms in total. The lowest BCUT2D eigenvalue weighted by atomic mass is 9.85. The molecule has 2 saturated heterocycles. The Hall–Kier alpha value is -6.06. The van der Waals surface area contributed by atoms with Gasteiger partial charge in [-0.1, -0.05) is 63.2 Å². The van der Waals surface area contributed by atoms with Gasteiger partial charge in [-0.05, 0) is 124 Å². The van der Waals surface area contributed by atoms with Crippen LogP contribution in [0.5, 0.6) is 0 Å². The van der Waals surface area contributed by atoms with E-state index < -0.39 is 41.0 Å². The number of hydrogen-bond acceptors (Lipinski definition) is 10. The molecule has 0 aliphatic carbocycles. The van der Waals surface area contributed by atoms with Gasteiger partial charge in [-0.2, -0.15) is 0 Å². The van der Waals surface area contributed by atoms with E-state index >= 15 is 0 Å². The molecule has 0 radical (unpaired) electrons. The minimum atomic E-state index is -0.958. The Bertz CT molecular complexity index is 2550. The van der Waals surface area contributed by atoms with Crippen LogP contribution in [0, 0.1) is 25.8 Å². The Morgan fingerprint density at radius 1 is 0.957 bits per heavy atom. The molecule has 2 aliphatic heterocycles. The smallest absolute Gasteiger partial charge is 0.259 e. The van der Waals surface area contributed by atoms with Gasteiger partial charge in [-0.15, -0.1) is 11.3 Å². The van der Waals surface area contributed by atoms with Crippen LogP contribution in [0.3, 0.4) is 0 Å². The quantitative estimate of drug-likeness (QED) is 0.0399. The molecule has 2 fully saturated rings. The molecular formula is C52H64N8O7S2. The summed E-state index contributed by atoms with van der Waals surface area (Å²) < 4.78 is 5.65. The highest BCUT2D eigenvalue weighted by Crippen LogP contribution is 2.38. The molecule has 17 heteroatoms. The predicted octanol–water partition coefficient (Wildman–Crippen LogP) is 7.33. The first kappa shape index (κ1) is 52.3. The van der Waals surface area contributed by atoms with Crippen molar-refractivity contribution in [1.29, 1.82) is 0 Å². The van der Waals surface area contributed by atoms with Crippen molar-refractivity contribution in [3.8, 4) is 10.4 Å². The number of benzene rings is 3. The third-order valence-electron chi connectivity index (χ3n) is 12.5. The molecule has 3 heterocycles. The van der Waals surface area contributed by atoms with Gasteiger partial charge in [0.2, 0.25) is 23.6 Å². The maximum atomic E-state index is 14.0. The molecule has 5 amide bonds. The fourth-order valence-electron chi connectivity index (χ4n) is 8.59. The van der Waals surface area contributed by atoms with Crippen molar-refractivity contribution >= 4 is 75.3 Å². The minimum Gasteiger partial charge on any atom is -0.391 e. The monoisotopic (exact) mass is 976 g/mol. The van der Waals surface area contributed by atoms with Gasteiger partial charge in [0.25, 0.3) is 5.91 Å². The summed E-state index contributed by atoms with van der Waals surface area (Å²) in [6, 6.07) is 19.2. The molecule has 0 spiro atoms. The number of likely N-dealkylation sites (tertiary alicyclic amines) is 1. The molecule has 0 saturated carbocycles. The second-order valence-electron chi connectivity index (χ2n) is 19.3. The van der Waals surface area contributed by atoms with Crippen molar-refractivity contribution in [2.24, 2.45) is 5.41 Å². The number of rotatable bonds is 20. The van der Waals surface area contributed by atoms with Crippen LogP contribution < -0.4 is 25.8 Å². The highest BCUT2D eigenvalue weighted by Gasteiger charge is 2.50. The third-order valence-corrected chi connectivity index (χ3v) is 13.9. The lowest BCUT2D eigenvalue weighted by Crippen LogP contribution is -2.58. The van der Waals surface area contributed by atoms with Gasteiger partial charge in [0.1, 0.15) is 24.2 Å². The van der Waals surface area contributed by atoms with Crippen LogP contribution in [0.15, 0.2) is 72.2 Å². The predicted molar refractivity (Wildman–Crippen MR) is 273 cm³/mol. The molecule has 1 aromatic heterocycles. The van der Waals surface area contributed by atoms with E-state index in [-0.39, 0.29) is 43.8 Å². The summed E-state index contributed by atoms with van der Waals surface area (Å²) in [4.78, 5) is 80.3. The van der Waals surface area contributed by atoms with E-state index in [9.17, 15) is 29.1 Å². The Labute approximate surface area is 414 Å². The van der Waals surface area contributed by atoms with Crippen LogP contribution in [-0.4, -0.2) is 99.7 Å². The van der Waals surface area contributed by atoms with E-state index in [1.54, 1.807) is 23.5 Å². The van der Waals surface area contributed by atoms with Crippen molar-refractivity contribution in [3.05, 3.63) is 106 Å². The molecule has 0 bridgehead atoms. The van der Waals surface area contributed by atoms with E-state index in [0.29, 0.717) is 55.3 Å². The highest BCUT2D eigenvalue weighted by molar-refractivity contribution is 7.81. The van der Waals surface area contributed by atoms with Gasteiger partial charge in [0, 0.05) is 50.5 Å². The van der Waals surface area contributed by atoms with Crippen molar-refractivity contribution in [3.63, 3.8) is 0 Å². The molecule has 2 aliphatic rings. The van der Waals surface area contributed by atoms with Crippen LogP contribution >= 0.6 is 23.6 Å². The molecule has 366 valence electrons. The number of unbranched alkanes of at least 4 members (excludes halogenated alkanes) is 2. The van der Waals surface area contributed by atoms with Gasteiger partial charge in [-0.3, -0.25) is 28.9 Å². The number of amides is 5. The fraction of sp³-hybridized carbons (Fsp3) is 0.462. The summed E-state index contributed by atoms with van der Waals surface area (Å²) in [5.74, 6) is -1.44. The van der Waals surface area contributed by atoms with E-state index in [1.807, 2.05) is 113 Å². The molecule has 6 rings (SSSR count). The first-order valence-corrected chi connectivity index (χ1v) is 24.7. The summed E-state index contributed by atoms with van der Waals surface area (Å²) >= 11 is 7.40. The normalized spacial score (nSPS) is 17.2. The van der Waals surface area contributed by atoms with E-state index in [1.165, 1.54) is 9.80 Å². The second kappa shape index (κ2) is 23.0. The van der Waals surface area contributed by atoms with Crippen LogP contribution in [0.1, 0.15) is 95.5 Å². The number of hydrogen-bond donors (Lipinski definition) is 4. The number of aliphatic hydroxyl groups is 1. The average molecular weight is 977 g/mol. The molecule has 69 heavy (non-hydrogen) atoms. The van der Waals surface area contributed by atoms with Gasteiger partial charge >= 0.3 is 0 Å². The Kier molecular flexibility index (Phi) is 17.5. The third kappa shape index (κ3) is 13.0. The molecule has 4 aromatic rings. The van der Waals surface area contributed by atoms with Crippen molar-refractivity contribution in [1.82, 2.24) is 25.8 Å². The first-order valence-electron chi connectivity index (χ1n) is 23.5. The lowest BCUT2D eigenvalue weighted by molar-refractivity contribution is -0.144. The number of aliphatic hydroxyl groups excluding tert-OH is 1. The Morgan fingerprint density at radius 2 is 1.65 bits per heavy atom. The number of carbonyl (C=O) groups excluding carboxylic acids is 5. The summed E-state index contributed by atoms with van der Waals surface area (Å²) in [5.41, 5.74) is 6.89. The number of nitrogens with one attached hydrogen (secondary N) is 3. The van der Waals surface area contributed by atoms with Gasteiger partial charge in [-0.25, -0.2) is 9.83 Å². The van der Waals surface area contributed by atoms with Crippen LogP contribution in [0.25, 0.3) is 15.3 Å². The van der Waals surface area contributed by atoms with Gasteiger partial charge in [0.05, 0.1) is 28.8 Å². The number of thiocarbonyl (C=S) groups is 1. The number of aryl methyl sites for hydroxylation is 3. The summed E-state index contributed by atoms with van der Waals surface area (Å²) in [6.07, 6.45) is 3.20. The average Bonchev–Trinajstić information content (AvgIpc) is 3.97. The SMILES string of the molecule is [C-]#[N+]c1ccc(N2C(=O)C(C)(C)N(c3ccc(CCCC(=O)NCCCCCOCC(=O)N[C@H](C(=O)N4C[C@H](O)C[C@H]4C(=O)NCc4ccc(-c5scnc5C)cc4)C(C)(C)C)cc3)C2=S)cc1C. The Balaban J connectivity index is 0.856. The molecule has 3 atom stereocenters.